The van der Waals surface area contributed by atoms with Gasteiger partial charge in [0.1, 0.15) is 11.6 Å². The van der Waals surface area contributed by atoms with E-state index in [2.05, 4.69) is 14.7 Å². The third-order valence-corrected chi connectivity index (χ3v) is 2.95. The summed E-state index contributed by atoms with van der Waals surface area (Å²) in [5.74, 6) is 0.574. The van der Waals surface area contributed by atoms with Crippen molar-refractivity contribution in [3.05, 3.63) is 34.0 Å². The van der Waals surface area contributed by atoms with Gasteiger partial charge < -0.3 is 10.5 Å². The Hall–Kier alpha value is -1.51. The molecule has 0 aliphatic heterocycles. The van der Waals surface area contributed by atoms with Crippen LogP contribution < -0.4 is 10.5 Å². The number of para-hydroxylation sites is 1. The minimum absolute atomic E-state index is 0.0214. The molecular formula is C11H8F2IN3O. The largest absolute Gasteiger partial charge is 0.434 e. The second-order valence-corrected chi connectivity index (χ2v) is 4.46. The van der Waals surface area contributed by atoms with Crippen LogP contribution in [0.3, 0.4) is 0 Å². The lowest BCUT2D eigenvalue weighted by atomic mass is 10.2. The molecule has 0 bridgehead atoms. The molecule has 0 aliphatic carbocycles. The zero-order valence-corrected chi connectivity index (χ0v) is 11.1. The van der Waals surface area contributed by atoms with Gasteiger partial charge >= 0.3 is 6.61 Å². The van der Waals surface area contributed by atoms with Crippen molar-refractivity contribution < 1.29 is 13.5 Å². The summed E-state index contributed by atoms with van der Waals surface area (Å²) in [5, 5.41) is 0. The van der Waals surface area contributed by atoms with Crippen LogP contribution in [-0.2, 0) is 0 Å². The van der Waals surface area contributed by atoms with E-state index in [0.29, 0.717) is 15.0 Å². The molecule has 0 fully saturated rings. The molecule has 0 amide bonds. The lowest BCUT2D eigenvalue weighted by molar-refractivity contribution is -0.0494. The minimum Gasteiger partial charge on any atom is -0.434 e. The van der Waals surface area contributed by atoms with Gasteiger partial charge in [0, 0.05) is 6.20 Å². The van der Waals surface area contributed by atoms with Gasteiger partial charge in [-0.15, -0.1) is 0 Å². The van der Waals surface area contributed by atoms with Gasteiger partial charge in [-0.2, -0.15) is 8.78 Å². The molecule has 0 radical (unpaired) electrons. The van der Waals surface area contributed by atoms with Gasteiger partial charge in [0.2, 0.25) is 0 Å². The van der Waals surface area contributed by atoms with Gasteiger partial charge in [-0.3, -0.25) is 0 Å². The molecule has 0 unspecified atom stereocenters. The topological polar surface area (TPSA) is 61.0 Å². The summed E-state index contributed by atoms with van der Waals surface area (Å²) in [4.78, 5) is 8.10. The molecular weight excluding hydrogens is 355 g/mol. The summed E-state index contributed by atoms with van der Waals surface area (Å²) in [5.41, 5.74) is 6.04. The number of nitrogen functional groups attached to an aromatic ring is 1. The van der Waals surface area contributed by atoms with Crippen LogP contribution in [0.15, 0.2) is 30.5 Å². The molecule has 2 aromatic rings. The third kappa shape index (κ3) is 2.84. The smallest absolute Gasteiger partial charge is 0.387 e. The van der Waals surface area contributed by atoms with Crippen LogP contribution in [0.25, 0.3) is 11.4 Å². The van der Waals surface area contributed by atoms with Crippen LogP contribution in [0.4, 0.5) is 14.6 Å². The molecule has 2 N–H and O–H groups in total. The summed E-state index contributed by atoms with van der Waals surface area (Å²) in [6.07, 6.45) is 1.53. The van der Waals surface area contributed by atoms with Crippen molar-refractivity contribution in [2.45, 2.75) is 6.61 Å². The quantitative estimate of drug-likeness (QED) is 0.852. The molecule has 4 nitrogen and oxygen atoms in total. The van der Waals surface area contributed by atoms with Crippen LogP contribution in [0.2, 0.25) is 0 Å². The normalized spacial score (nSPS) is 10.7. The Labute approximate surface area is 115 Å². The number of ether oxygens (including phenoxy) is 1. The summed E-state index contributed by atoms with van der Waals surface area (Å²) >= 11 is 1.99. The van der Waals surface area contributed by atoms with E-state index in [1.165, 1.54) is 12.3 Å². The van der Waals surface area contributed by atoms with E-state index < -0.39 is 6.61 Å². The van der Waals surface area contributed by atoms with E-state index in [4.69, 9.17) is 5.73 Å². The van der Waals surface area contributed by atoms with Crippen molar-refractivity contribution in [2.24, 2.45) is 0 Å². The molecule has 0 aliphatic rings. The molecule has 18 heavy (non-hydrogen) atoms. The number of hydrogen-bond donors (Lipinski definition) is 1. The lowest BCUT2D eigenvalue weighted by Gasteiger charge is -2.09. The molecule has 1 aromatic heterocycles. The Bertz CT molecular complexity index is 566. The molecule has 7 heteroatoms. The summed E-state index contributed by atoms with van der Waals surface area (Å²) in [6, 6.07) is 6.31. The van der Waals surface area contributed by atoms with E-state index in [0.717, 1.165) is 0 Å². The average Bonchev–Trinajstić information content (AvgIpc) is 2.33. The number of anilines is 1. The highest BCUT2D eigenvalue weighted by Crippen LogP contribution is 2.29. The summed E-state index contributed by atoms with van der Waals surface area (Å²) in [7, 11) is 0. The number of benzene rings is 1. The number of hydrogen-bond acceptors (Lipinski definition) is 4. The van der Waals surface area contributed by atoms with Crippen LogP contribution >= 0.6 is 22.6 Å². The molecule has 0 spiro atoms. The Balaban J connectivity index is 2.46. The van der Waals surface area contributed by atoms with Gasteiger partial charge in [-0.1, -0.05) is 12.1 Å². The molecule has 0 saturated heterocycles. The van der Waals surface area contributed by atoms with Crippen molar-refractivity contribution in [3.8, 4) is 17.1 Å². The van der Waals surface area contributed by atoms with Crippen molar-refractivity contribution in [1.29, 1.82) is 0 Å². The first-order valence-electron chi connectivity index (χ1n) is 4.90. The Morgan fingerprint density at radius 1 is 1.28 bits per heavy atom. The maximum Gasteiger partial charge on any atom is 0.387 e. The summed E-state index contributed by atoms with van der Waals surface area (Å²) in [6.45, 7) is -2.90. The van der Waals surface area contributed by atoms with Gasteiger partial charge in [0.15, 0.2) is 5.82 Å². The number of alkyl halides is 2. The first kappa shape index (κ1) is 12.9. The number of nitrogens with two attached hydrogens (primary N) is 1. The molecule has 0 saturated carbocycles. The van der Waals surface area contributed by atoms with E-state index in [1.807, 2.05) is 22.6 Å². The fourth-order valence-electron chi connectivity index (χ4n) is 1.36. The zero-order valence-electron chi connectivity index (χ0n) is 8.98. The first-order chi connectivity index (χ1) is 8.58. The Kier molecular flexibility index (Phi) is 3.90. The van der Waals surface area contributed by atoms with Gasteiger partial charge in [-0.05, 0) is 34.7 Å². The monoisotopic (exact) mass is 363 g/mol. The fourth-order valence-corrected chi connectivity index (χ4v) is 1.62. The molecule has 1 heterocycles. The molecule has 0 atom stereocenters. The maximum absolute atomic E-state index is 12.3. The SMILES string of the molecule is Nc1nc(-c2ccccc2OC(F)F)ncc1I. The molecule has 2 rings (SSSR count). The molecule has 94 valence electrons. The maximum atomic E-state index is 12.3. The highest BCUT2D eigenvalue weighted by atomic mass is 127. The van der Waals surface area contributed by atoms with Crippen LogP contribution in [0.5, 0.6) is 5.75 Å². The molecule has 1 aromatic carbocycles. The third-order valence-electron chi connectivity index (χ3n) is 2.12. The summed E-state index contributed by atoms with van der Waals surface area (Å²) < 4.78 is 29.7. The van der Waals surface area contributed by atoms with Gasteiger partial charge in [0.25, 0.3) is 0 Å². The number of rotatable bonds is 3. The second kappa shape index (κ2) is 5.42. The highest BCUT2D eigenvalue weighted by Gasteiger charge is 2.13. The number of halogens is 3. The number of nitrogens with zero attached hydrogens (tertiary/aromatic N) is 2. The lowest BCUT2D eigenvalue weighted by Crippen LogP contribution is -2.04. The van der Waals surface area contributed by atoms with Crippen molar-refractivity contribution in [2.75, 3.05) is 5.73 Å². The fraction of sp³-hybridized carbons (Fsp3) is 0.0909. The van der Waals surface area contributed by atoms with Crippen molar-refractivity contribution in [3.63, 3.8) is 0 Å². The second-order valence-electron chi connectivity index (χ2n) is 3.30. The van der Waals surface area contributed by atoms with Crippen molar-refractivity contribution in [1.82, 2.24) is 9.97 Å². The van der Waals surface area contributed by atoms with E-state index in [1.54, 1.807) is 18.2 Å². The van der Waals surface area contributed by atoms with Crippen molar-refractivity contribution >= 4 is 28.4 Å². The zero-order chi connectivity index (χ0) is 13.1. The Morgan fingerprint density at radius 2 is 2.00 bits per heavy atom. The van der Waals surface area contributed by atoms with E-state index in [-0.39, 0.29) is 11.6 Å². The van der Waals surface area contributed by atoms with Crippen LogP contribution in [0, 0.1) is 3.57 Å². The first-order valence-corrected chi connectivity index (χ1v) is 5.98. The Morgan fingerprint density at radius 3 is 2.67 bits per heavy atom. The predicted molar refractivity (Wildman–Crippen MR) is 71.2 cm³/mol. The van der Waals surface area contributed by atoms with E-state index >= 15 is 0 Å². The minimum atomic E-state index is -2.90. The average molecular weight is 363 g/mol. The standard InChI is InChI=1S/C11H8F2IN3O/c12-11(13)18-8-4-2-1-3-6(8)10-16-5-7(14)9(15)17-10/h1-5,11H,(H2,15,16,17). The predicted octanol–water partition coefficient (Wildman–Crippen LogP) is 2.93. The van der Waals surface area contributed by atoms with Gasteiger partial charge in [0.05, 0.1) is 9.13 Å². The van der Waals surface area contributed by atoms with Gasteiger partial charge in [-0.25, -0.2) is 9.97 Å². The number of aromatic nitrogens is 2. The van der Waals surface area contributed by atoms with Crippen LogP contribution in [-0.4, -0.2) is 16.6 Å². The van der Waals surface area contributed by atoms with E-state index in [9.17, 15) is 8.78 Å². The highest BCUT2D eigenvalue weighted by molar-refractivity contribution is 14.1. The van der Waals surface area contributed by atoms with Crippen LogP contribution in [0.1, 0.15) is 0 Å².